The summed E-state index contributed by atoms with van der Waals surface area (Å²) in [5.41, 5.74) is 0.963. The van der Waals surface area contributed by atoms with Crippen molar-refractivity contribution >= 4 is 51.0 Å². The maximum atomic E-state index is 14.9. The second-order valence-corrected chi connectivity index (χ2v) is 14.5. The van der Waals surface area contributed by atoms with Crippen molar-refractivity contribution in [2.24, 2.45) is 11.8 Å². The van der Waals surface area contributed by atoms with Crippen molar-refractivity contribution in [3.05, 3.63) is 85.5 Å². The lowest BCUT2D eigenvalue weighted by molar-refractivity contribution is -0.160. The smallest absolute Gasteiger partial charge is 0.313 e. The number of amides is 3. The molecule has 1 unspecified atom stereocenters. The molecule has 11 nitrogen and oxygen atoms in total. The first-order valence-electron chi connectivity index (χ1n) is 17.7. The molecule has 2 aromatic rings. The van der Waals surface area contributed by atoms with E-state index in [1.807, 2.05) is 54.6 Å². The van der Waals surface area contributed by atoms with Crippen LogP contribution in [0.15, 0.2) is 79.9 Å². The zero-order chi connectivity index (χ0) is 36.9. The predicted molar refractivity (Wildman–Crippen MR) is 199 cm³/mol. The van der Waals surface area contributed by atoms with Crippen LogP contribution in [0.3, 0.4) is 0 Å². The van der Waals surface area contributed by atoms with Crippen molar-refractivity contribution in [3.63, 3.8) is 0 Å². The Morgan fingerprint density at radius 3 is 2.37 bits per heavy atom. The summed E-state index contributed by atoms with van der Waals surface area (Å²) >= 11 is 3.72. The van der Waals surface area contributed by atoms with Crippen LogP contribution in [0, 0.1) is 11.8 Å². The molecule has 3 saturated heterocycles. The van der Waals surface area contributed by atoms with E-state index in [2.05, 4.69) is 53.2 Å². The third kappa shape index (κ3) is 7.36. The number of aliphatic hydroxyl groups is 1. The number of likely N-dealkylation sites (tertiary alicyclic amines) is 1. The second kappa shape index (κ2) is 16.6. The molecule has 1 spiro atoms. The summed E-state index contributed by atoms with van der Waals surface area (Å²) < 4.78 is 12.8. The average Bonchev–Trinajstić information content (AvgIpc) is 3.75. The molecule has 3 amide bonds. The minimum Gasteiger partial charge on any atom is -0.455 e. The summed E-state index contributed by atoms with van der Waals surface area (Å²) in [5.74, 6) is -3.75. The third-order valence-electron chi connectivity index (χ3n) is 10.3. The average molecular weight is 766 g/mol. The number of carbonyl (C=O) groups excluding carboxylic acids is 4. The minimum atomic E-state index is -1.36. The Bertz CT molecular complexity index is 1590. The number of aliphatic hydroxyl groups excluding tert-OH is 1. The number of benzene rings is 2. The summed E-state index contributed by atoms with van der Waals surface area (Å²) in [7, 11) is 0. The number of carbonyl (C=O) groups is 4. The molecule has 2 bridgehead atoms. The van der Waals surface area contributed by atoms with Crippen molar-refractivity contribution in [1.29, 1.82) is 0 Å². The number of nitrogens with zero attached hydrogens (tertiary/aromatic N) is 3. The molecule has 3 aliphatic rings. The summed E-state index contributed by atoms with van der Waals surface area (Å²) in [5, 5.41) is 13.2. The summed E-state index contributed by atoms with van der Waals surface area (Å²) in [4.78, 5) is 61.0. The SMILES string of the molecule is C=CCCC(=O)NC[C@H](OC(=O)[C@H]1[C@@H]2O[C@@]3(CC2Br)[C@@H]1C(=O)N([C@H](C)CO)[C@@H]3C(=O)N(CC=C)c1ccc(N(CC)CC)cc1)c1ccccc1. The number of fused-ring (bicyclic) bond motifs is 1. The molecule has 12 heteroatoms. The molecular weight excluding hydrogens is 716 g/mol. The van der Waals surface area contributed by atoms with Gasteiger partial charge >= 0.3 is 5.97 Å². The summed E-state index contributed by atoms with van der Waals surface area (Å²) in [6.45, 7) is 14.9. The van der Waals surface area contributed by atoms with E-state index in [9.17, 15) is 24.3 Å². The highest BCUT2D eigenvalue weighted by atomic mass is 79.9. The van der Waals surface area contributed by atoms with Crippen LogP contribution in [-0.4, -0.2) is 95.1 Å². The van der Waals surface area contributed by atoms with E-state index in [1.165, 1.54) is 4.90 Å². The molecule has 5 rings (SSSR count). The highest BCUT2D eigenvalue weighted by molar-refractivity contribution is 9.09. The van der Waals surface area contributed by atoms with Gasteiger partial charge in [0.2, 0.25) is 11.8 Å². The Kier molecular flexibility index (Phi) is 12.4. The Morgan fingerprint density at radius 2 is 1.76 bits per heavy atom. The quantitative estimate of drug-likeness (QED) is 0.137. The number of ether oxygens (including phenoxy) is 2. The number of rotatable bonds is 17. The van der Waals surface area contributed by atoms with Gasteiger partial charge in [-0.15, -0.1) is 13.2 Å². The molecule has 8 atom stereocenters. The Morgan fingerprint density at radius 1 is 1.10 bits per heavy atom. The molecular formula is C39H49BrN4O7. The number of halogens is 1. The van der Waals surface area contributed by atoms with Gasteiger partial charge in [0, 0.05) is 42.3 Å². The Hall–Kier alpha value is -4.00. The van der Waals surface area contributed by atoms with E-state index >= 15 is 0 Å². The van der Waals surface area contributed by atoms with Gasteiger partial charge in [-0.2, -0.15) is 0 Å². The van der Waals surface area contributed by atoms with Gasteiger partial charge in [0.15, 0.2) is 0 Å². The zero-order valence-electron chi connectivity index (χ0n) is 29.6. The number of esters is 1. The fraction of sp³-hybridized carbons (Fsp3) is 0.487. The second-order valence-electron chi connectivity index (χ2n) is 13.3. The molecule has 2 aromatic carbocycles. The Labute approximate surface area is 308 Å². The molecule has 0 saturated carbocycles. The molecule has 3 heterocycles. The molecule has 3 aliphatic heterocycles. The lowest BCUT2D eigenvalue weighted by atomic mass is 9.70. The maximum absolute atomic E-state index is 14.9. The van der Waals surface area contributed by atoms with E-state index < -0.39 is 60.2 Å². The van der Waals surface area contributed by atoms with E-state index in [0.29, 0.717) is 24.1 Å². The molecule has 0 aromatic heterocycles. The number of hydrogen-bond acceptors (Lipinski definition) is 8. The van der Waals surface area contributed by atoms with Crippen LogP contribution < -0.4 is 15.1 Å². The molecule has 0 radical (unpaired) electrons. The van der Waals surface area contributed by atoms with Gasteiger partial charge in [-0.1, -0.05) is 58.4 Å². The molecule has 51 heavy (non-hydrogen) atoms. The van der Waals surface area contributed by atoms with Gasteiger partial charge in [0.25, 0.3) is 5.91 Å². The van der Waals surface area contributed by atoms with Crippen molar-refractivity contribution in [3.8, 4) is 0 Å². The number of hydrogen-bond donors (Lipinski definition) is 2. The number of nitrogens with one attached hydrogen (secondary N) is 1. The zero-order valence-corrected chi connectivity index (χ0v) is 31.2. The first-order chi connectivity index (χ1) is 24.6. The van der Waals surface area contributed by atoms with E-state index in [-0.39, 0.29) is 36.2 Å². The van der Waals surface area contributed by atoms with Crippen molar-refractivity contribution in [2.45, 2.75) is 74.8 Å². The van der Waals surface area contributed by atoms with Crippen LogP contribution >= 0.6 is 15.9 Å². The maximum Gasteiger partial charge on any atom is 0.313 e. The summed E-state index contributed by atoms with van der Waals surface area (Å²) in [6.07, 6.45) is 2.77. The lowest BCUT2D eigenvalue weighted by Crippen LogP contribution is -2.58. The Balaban J connectivity index is 1.48. The topological polar surface area (TPSA) is 129 Å². The molecule has 3 fully saturated rings. The minimum absolute atomic E-state index is 0.0316. The van der Waals surface area contributed by atoms with Crippen LogP contribution in [0.5, 0.6) is 0 Å². The largest absolute Gasteiger partial charge is 0.455 e. The van der Waals surface area contributed by atoms with Crippen molar-refractivity contribution in [2.75, 3.05) is 42.6 Å². The lowest BCUT2D eigenvalue weighted by Gasteiger charge is -2.38. The van der Waals surface area contributed by atoms with Crippen molar-refractivity contribution < 1.29 is 33.8 Å². The van der Waals surface area contributed by atoms with Gasteiger partial charge in [-0.25, -0.2) is 0 Å². The highest BCUT2D eigenvalue weighted by Crippen LogP contribution is 2.61. The number of alkyl halides is 1. The van der Waals surface area contributed by atoms with Crippen LogP contribution in [0.2, 0.25) is 0 Å². The van der Waals surface area contributed by atoms with Crippen LogP contribution in [0.25, 0.3) is 0 Å². The monoisotopic (exact) mass is 764 g/mol. The predicted octanol–water partition coefficient (Wildman–Crippen LogP) is 4.55. The first kappa shape index (κ1) is 38.2. The van der Waals surface area contributed by atoms with Gasteiger partial charge in [-0.05, 0) is 63.4 Å². The highest BCUT2D eigenvalue weighted by Gasteiger charge is 2.77. The van der Waals surface area contributed by atoms with Crippen molar-refractivity contribution in [1.82, 2.24) is 10.2 Å². The van der Waals surface area contributed by atoms with Gasteiger partial charge in [0.1, 0.15) is 17.7 Å². The molecule has 2 N–H and O–H groups in total. The fourth-order valence-corrected chi connectivity index (χ4v) is 8.79. The molecule has 274 valence electrons. The number of anilines is 2. The standard InChI is InChI=1S/C39H49BrN4O7/c1-6-10-16-31(46)41-23-30(26-14-12-11-13-15-26)50-38(49)32-33-36(47)44(25(5)24-45)35(39(33)22-29(40)34(32)51-39)37(48)43(21-7-2)28-19-17-27(18-20-28)42(8-3)9-4/h6-7,11-15,17-20,25,29-30,32-35,45H,1-2,8-10,16,21-24H2,3-5H3,(H,41,46)/t25-,29?,30+,32-,33+,34-,35-,39+/m1/s1. The van der Waals surface area contributed by atoms with Crippen LogP contribution in [-0.2, 0) is 28.7 Å². The first-order valence-corrected chi connectivity index (χ1v) is 18.6. The fourth-order valence-electron chi connectivity index (χ4n) is 7.85. The number of allylic oxidation sites excluding steroid dienone is 1. The van der Waals surface area contributed by atoms with Gasteiger partial charge in [0.05, 0.1) is 37.1 Å². The van der Waals surface area contributed by atoms with Crippen LogP contribution in [0.4, 0.5) is 11.4 Å². The summed E-state index contributed by atoms with van der Waals surface area (Å²) in [6, 6.07) is 14.9. The van der Waals surface area contributed by atoms with E-state index in [4.69, 9.17) is 9.47 Å². The normalized spacial score (nSPS) is 25.9. The van der Waals surface area contributed by atoms with E-state index in [1.54, 1.807) is 24.0 Å². The molecule has 0 aliphatic carbocycles. The third-order valence-corrected chi connectivity index (χ3v) is 11.2. The van der Waals surface area contributed by atoms with Gasteiger partial charge < -0.3 is 34.6 Å². The van der Waals surface area contributed by atoms with Gasteiger partial charge in [-0.3, -0.25) is 19.2 Å². The van der Waals surface area contributed by atoms with Crippen LogP contribution in [0.1, 0.15) is 51.7 Å². The van der Waals surface area contributed by atoms with E-state index in [0.717, 1.165) is 18.8 Å².